The lowest BCUT2D eigenvalue weighted by molar-refractivity contribution is 0.122. The second kappa shape index (κ2) is 7.22. The minimum atomic E-state index is 0.0449. The van der Waals surface area contributed by atoms with Crippen molar-refractivity contribution >= 4 is 17.8 Å². The monoisotopic (exact) mass is 288 g/mol. The molecule has 1 aliphatic rings. The van der Waals surface area contributed by atoms with Gasteiger partial charge in [0.15, 0.2) is 0 Å². The van der Waals surface area contributed by atoms with E-state index in [0.717, 1.165) is 0 Å². The predicted molar refractivity (Wildman–Crippen MR) is 75.8 cm³/mol. The summed E-state index contributed by atoms with van der Waals surface area (Å²) in [5.41, 5.74) is 0. The summed E-state index contributed by atoms with van der Waals surface area (Å²) in [6.07, 6.45) is 0. The van der Waals surface area contributed by atoms with Gasteiger partial charge in [0.25, 0.3) is 0 Å². The van der Waals surface area contributed by atoms with Gasteiger partial charge in [-0.25, -0.2) is 0 Å². The molecule has 1 aliphatic heterocycles. The normalized spacial score (nSPS) is 14.1. The number of hydrogen-bond acceptors (Lipinski definition) is 9. The van der Waals surface area contributed by atoms with E-state index >= 15 is 0 Å². The Balaban J connectivity index is 2.32. The lowest BCUT2D eigenvalue weighted by Crippen LogP contribution is -2.38. The molecule has 110 valence electrons. The van der Waals surface area contributed by atoms with Crippen LogP contribution in [0.25, 0.3) is 0 Å². The third-order valence-corrected chi connectivity index (χ3v) is 2.94. The number of aromatic nitrogens is 3. The van der Waals surface area contributed by atoms with Crippen LogP contribution in [-0.2, 0) is 4.74 Å². The van der Waals surface area contributed by atoms with Gasteiger partial charge in [0.05, 0.1) is 25.4 Å². The van der Waals surface area contributed by atoms with Gasteiger partial charge in [-0.05, 0) is 0 Å². The van der Waals surface area contributed by atoms with E-state index in [2.05, 4.69) is 20.3 Å². The highest BCUT2D eigenvalue weighted by molar-refractivity contribution is 5.46. The van der Waals surface area contributed by atoms with Crippen LogP contribution in [0, 0.1) is 22.7 Å². The van der Waals surface area contributed by atoms with Gasteiger partial charge in [0.2, 0.25) is 17.8 Å². The smallest absolute Gasteiger partial charge is 0.233 e. The van der Waals surface area contributed by atoms with Crippen molar-refractivity contribution in [3.63, 3.8) is 0 Å². The minimum absolute atomic E-state index is 0.0449. The van der Waals surface area contributed by atoms with Crippen molar-refractivity contribution in [1.82, 2.24) is 15.0 Å². The van der Waals surface area contributed by atoms with Crippen molar-refractivity contribution in [2.75, 3.05) is 61.6 Å². The molecule has 0 amide bonds. The highest BCUT2D eigenvalue weighted by Gasteiger charge is 2.18. The Hall–Kier alpha value is -2.65. The first-order valence-corrected chi connectivity index (χ1v) is 6.54. The van der Waals surface area contributed by atoms with Crippen LogP contribution in [0.2, 0.25) is 0 Å². The third kappa shape index (κ3) is 3.68. The topological polar surface area (TPSA) is 114 Å². The van der Waals surface area contributed by atoms with Gasteiger partial charge >= 0.3 is 0 Å². The summed E-state index contributed by atoms with van der Waals surface area (Å²) in [6, 6.07) is 4.02. The molecule has 1 aromatic heterocycles. The van der Waals surface area contributed by atoms with Gasteiger partial charge in [-0.2, -0.15) is 25.5 Å². The van der Waals surface area contributed by atoms with Crippen molar-refractivity contribution in [3.8, 4) is 12.1 Å². The molecular weight excluding hydrogens is 272 g/mol. The number of nitriles is 2. The van der Waals surface area contributed by atoms with Crippen LogP contribution in [-0.4, -0.2) is 61.4 Å². The van der Waals surface area contributed by atoms with Crippen molar-refractivity contribution in [2.45, 2.75) is 0 Å². The Labute approximate surface area is 122 Å². The molecule has 0 unspecified atom stereocenters. The van der Waals surface area contributed by atoms with Crippen LogP contribution in [0.15, 0.2) is 0 Å². The van der Waals surface area contributed by atoms with E-state index in [9.17, 15) is 0 Å². The Bertz CT molecular complexity index is 541. The van der Waals surface area contributed by atoms with E-state index in [1.165, 1.54) is 4.90 Å². The lowest BCUT2D eigenvalue weighted by atomic mass is 10.4. The molecule has 1 saturated heterocycles. The molecule has 0 aromatic carbocycles. The van der Waals surface area contributed by atoms with Crippen molar-refractivity contribution in [2.24, 2.45) is 0 Å². The Morgan fingerprint density at radius 2 is 1.86 bits per heavy atom. The van der Waals surface area contributed by atoms with E-state index in [0.29, 0.717) is 44.1 Å². The summed E-state index contributed by atoms with van der Waals surface area (Å²) in [5, 5.41) is 20.6. The highest BCUT2D eigenvalue weighted by Crippen LogP contribution is 2.17. The maximum atomic E-state index is 8.85. The second-order valence-electron chi connectivity index (χ2n) is 4.28. The zero-order valence-corrected chi connectivity index (χ0v) is 11.8. The zero-order valence-electron chi connectivity index (χ0n) is 11.8. The fraction of sp³-hybridized carbons (Fsp3) is 0.583. The average Bonchev–Trinajstić information content (AvgIpc) is 2.55. The first kappa shape index (κ1) is 14.8. The number of morpholine rings is 1. The molecule has 0 radical (unpaired) electrons. The molecule has 1 fully saturated rings. The lowest BCUT2D eigenvalue weighted by Gasteiger charge is -2.27. The van der Waals surface area contributed by atoms with Gasteiger partial charge in [-0.15, -0.1) is 0 Å². The van der Waals surface area contributed by atoms with E-state index in [4.69, 9.17) is 15.3 Å². The van der Waals surface area contributed by atoms with Gasteiger partial charge in [0.1, 0.15) is 13.1 Å². The van der Waals surface area contributed by atoms with Crippen LogP contribution in [0.1, 0.15) is 0 Å². The predicted octanol–water partition coefficient (Wildman–Crippen LogP) is -0.397. The standard InChI is InChI=1S/C12H16N8O/c1-15-10-16-11(19(4-2-13)5-3-14)18-12(17-10)20-6-8-21-9-7-20/h4-9H2,1H3,(H,15,16,17,18). The molecule has 2 rings (SSSR count). The van der Waals surface area contributed by atoms with Crippen LogP contribution >= 0.6 is 0 Å². The number of ether oxygens (including phenoxy) is 1. The molecule has 1 N–H and O–H groups in total. The highest BCUT2D eigenvalue weighted by atomic mass is 16.5. The molecule has 0 bridgehead atoms. The van der Waals surface area contributed by atoms with E-state index in [1.54, 1.807) is 7.05 Å². The summed E-state index contributed by atoms with van der Waals surface area (Å²) in [4.78, 5) is 16.4. The van der Waals surface area contributed by atoms with E-state index in [1.807, 2.05) is 17.0 Å². The summed E-state index contributed by atoms with van der Waals surface area (Å²) in [7, 11) is 1.71. The Morgan fingerprint density at radius 3 is 2.43 bits per heavy atom. The summed E-state index contributed by atoms with van der Waals surface area (Å²) in [5.74, 6) is 1.25. The van der Waals surface area contributed by atoms with Crippen molar-refractivity contribution < 1.29 is 4.74 Å². The molecule has 2 heterocycles. The molecule has 9 heteroatoms. The van der Waals surface area contributed by atoms with Gasteiger partial charge in [-0.3, -0.25) is 0 Å². The van der Waals surface area contributed by atoms with E-state index in [-0.39, 0.29) is 13.1 Å². The van der Waals surface area contributed by atoms with Gasteiger partial charge < -0.3 is 19.9 Å². The second-order valence-corrected chi connectivity index (χ2v) is 4.28. The fourth-order valence-corrected chi connectivity index (χ4v) is 1.88. The Kier molecular flexibility index (Phi) is 5.07. The van der Waals surface area contributed by atoms with Gasteiger partial charge in [-0.1, -0.05) is 0 Å². The number of nitrogens with zero attached hydrogens (tertiary/aromatic N) is 7. The van der Waals surface area contributed by atoms with Gasteiger partial charge in [0, 0.05) is 20.1 Å². The molecule has 9 nitrogen and oxygen atoms in total. The maximum absolute atomic E-state index is 8.85. The minimum Gasteiger partial charge on any atom is -0.378 e. The first-order valence-electron chi connectivity index (χ1n) is 6.54. The molecule has 0 saturated carbocycles. The Morgan fingerprint density at radius 1 is 1.19 bits per heavy atom. The number of anilines is 3. The average molecular weight is 288 g/mol. The quantitative estimate of drug-likeness (QED) is 0.723. The van der Waals surface area contributed by atoms with E-state index < -0.39 is 0 Å². The van der Waals surface area contributed by atoms with Crippen LogP contribution in [0.4, 0.5) is 17.8 Å². The first-order chi connectivity index (χ1) is 10.3. The molecule has 1 aromatic rings. The molecule has 0 atom stereocenters. The molecular formula is C12H16N8O. The number of rotatable bonds is 5. The summed E-state index contributed by atoms with van der Waals surface area (Å²) >= 11 is 0. The summed E-state index contributed by atoms with van der Waals surface area (Å²) < 4.78 is 5.31. The van der Waals surface area contributed by atoms with Crippen LogP contribution in [0.5, 0.6) is 0 Å². The third-order valence-electron chi connectivity index (χ3n) is 2.94. The SMILES string of the molecule is CNc1nc(N(CC#N)CC#N)nc(N2CCOCC2)n1. The number of hydrogen-bond donors (Lipinski definition) is 1. The van der Waals surface area contributed by atoms with Crippen molar-refractivity contribution in [1.29, 1.82) is 10.5 Å². The van der Waals surface area contributed by atoms with Crippen LogP contribution in [0.3, 0.4) is 0 Å². The fourth-order valence-electron chi connectivity index (χ4n) is 1.88. The summed E-state index contributed by atoms with van der Waals surface area (Å²) in [6.45, 7) is 2.73. The molecule has 21 heavy (non-hydrogen) atoms. The largest absolute Gasteiger partial charge is 0.378 e. The van der Waals surface area contributed by atoms with Crippen LogP contribution < -0.4 is 15.1 Å². The van der Waals surface area contributed by atoms with Crippen molar-refractivity contribution in [3.05, 3.63) is 0 Å². The number of nitrogens with one attached hydrogen (secondary N) is 1. The molecule has 0 aliphatic carbocycles. The molecule has 0 spiro atoms. The maximum Gasteiger partial charge on any atom is 0.233 e. The zero-order chi connectivity index (χ0) is 15.1.